The van der Waals surface area contributed by atoms with Gasteiger partial charge in [0.15, 0.2) is 11.6 Å². The number of hydrogen-bond acceptors (Lipinski definition) is 5. The van der Waals surface area contributed by atoms with E-state index in [4.69, 9.17) is 4.74 Å². The number of anilines is 1. The highest BCUT2D eigenvalue weighted by molar-refractivity contribution is 5.94. The van der Waals surface area contributed by atoms with Gasteiger partial charge in [-0.3, -0.25) is 9.78 Å². The summed E-state index contributed by atoms with van der Waals surface area (Å²) in [6, 6.07) is 7.25. The smallest absolute Gasteiger partial charge is 0.254 e. The lowest BCUT2D eigenvalue weighted by molar-refractivity contribution is 0.0772. The van der Waals surface area contributed by atoms with Crippen LogP contribution in [-0.4, -0.2) is 54.1 Å². The Morgan fingerprint density at radius 1 is 1.26 bits per heavy atom. The van der Waals surface area contributed by atoms with Crippen LogP contribution in [0.1, 0.15) is 16.8 Å². The molecule has 3 heterocycles. The summed E-state index contributed by atoms with van der Waals surface area (Å²) in [5.74, 6) is 1.57. The predicted molar refractivity (Wildman–Crippen MR) is 87.7 cm³/mol. The maximum atomic E-state index is 12.4. The summed E-state index contributed by atoms with van der Waals surface area (Å²) in [5, 5.41) is 0. The Balaban J connectivity index is 1.66. The summed E-state index contributed by atoms with van der Waals surface area (Å²) in [7, 11) is 3.87. The van der Waals surface area contributed by atoms with E-state index in [-0.39, 0.29) is 12.0 Å². The van der Waals surface area contributed by atoms with Gasteiger partial charge in [-0.2, -0.15) is 0 Å². The van der Waals surface area contributed by atoms with Gasteiger partial charge in [0.2, 0.25) is 0 Å². The summed E-state index contributed by atoms with van der Waals surface area (Å²) in [5.41, 5.74) is 0.663. The monoisotopic (exact) mass is 312 g/mol. The van der Waals surface area contributed by atoms with Crippen LogP contribution in [0.3, 0.4) is 0 Å². The average Bonchev–Trinajstić information content (AvgIpc) is 3.04. The van der Waals surface area contributed by atoms with E-state index in [0.29, 0.717) is 18.7 Å². The van der Waals surface area contributed by atoms with E-state index in [0.717, 1.165) is 18.0 Å². The van der Waals surface area contributed by atoms with Crippen LogP contribution in [0.25, 0.3) is 0 Å². The average molecular weight is 312 g/mol. The van der Waals surface area contributed by atoms with Gasteiger partial charge in [-0.05, 0) is 24.3 Å². The van der Waals surface area contributed by atoms with Crippen molar-refractivity contribution in [2.24, 2.45) is 0 Å². The summed E-state index contributed by atoms with van der Waals surface area (Å²) < 4.78 is 6.07. The first-order valence-corrected chi connectivity index (χ1v) is 7.63. The van der Waals surface area contributed by atoms with Gasteiger partial charge in [0, 0.05) is 51.2 Å². The molecule has 3 rings (SSSR count). The molecule has 1 fully saturated rings. The van der Waals surface area contributed by atoms with Crippen molar-refractivity contribution < 1.29 is 9.53 Å². The molecule has 0 bridgehead atoms. The summed E-state index contributed by atoms with van der Waals surface area (Å²) >= 11 is 0. The van der Waals surface area contributed by atoms with E-state index in [1.165, 1.54) is 0 Å². The molecule has 120 valence electrons. The molecule has 1 unspecified atom stereocenters. The number of carbonyl (C=O) groups excluding carboxylic acids is 1. The molecule has 6 heteroatoms. The number of likely N-dealkylation sites (tertiary alicyclic amines) is 1. The fraction of sp³-hybridized carbons (Fsp3) is 0.353. The molecule has 23 heavy (non-hydrogen) atoms. The molecule has 1 aliphatic heterocycles. The Morgan fingerprint density at radius 3 is 2.78 bits per heavy atom. The maximum absolute atomic E-state index is 12.4. The second kappa shape index (κ2) is 6.64. The summed E-state index contributed by atoms with van der Waals surface area (Å²) in [6.45, 7) is 1.28. The van der Waals surface area contributed by atoms with Crippen LogP contribution in [0, 0.1) is 0 Å². The fourth-order valence-corrected chi connectivity index (χ4v) is 2.68. The van der Waals surface area contributed by atoms with Gasteiger partial charge in [0.1, 0.15) is 6.10 Å². The molecule has 1 aliphatic rings. The van der Waals surface area contributed by atoms with Gasteiger partial charge in [-0.25, -0.2) is 4.98 Å². The molecule has 0 radical (unpaired) electrons. The zero-order valence-corrected chi connectivity index (χ0v) is 13.3. The van der Waals surface area contributed by atoms with Crippen LogP contribution in [0.2, 0.25) is 0 Å². The molecule has 0 N–H and O–H groups in total. The molecule has 0 spiro atoms. The minimum Gasteiger partial charge on any atom is -0.485 e. The van der Waals surface area contributed by atoms with Crippen LogP contribution >= 0.6 is 0 Å². The van der Waals surface area contributed by atoms with Crippen molar-refractivity contribution in [3.63, 3.8) is 0 Å². The third-order valence-corrected chi connectivity index (χ3v) is 3.83. The molecule has 1 atom stereocenters. The van der Waals surface area contributed by atoms with Crippen molar-refractivity contribution in [3.8, 4) is 5.75 Å². The predicted octanol–water partition coefficient (Wildman–Crippen LogP) is 1.84. The van der Waals surface area contributed by atoms with E-state index in [1.807, 2.05) is 36.0 Å². The topological polar surface area (TPSA) is 58.6 Å². The number of pyridine rings is 2. The van der Waals surface area contributed by atoms with Crippen molar-refractivity contribution in [1.82, 2.24) is 14.9 Å². The van der Waals surface area contributed by atoms with Gasteiger partial charge >= 0.3 is 0 Å². The second-order valence-electron chi connectivity index (χ2n) is 5.74. The number of ether oxygens (including phenoxy) is 1. The van der Waals surface area contributed by atoms with Gasteiger partial charge in [0.05, 0.1) is 6.54 Å². The number of amides is 1. The number of rotatable bonds is 4. The van der Waals surface area contributed by atoms with Crippen LogP contribution in [0.5, 0.6) is 5.75 Å². The second-order valence-corrected chi connectivity index (χ2v) is 5.74. The molecule has 1 amide bonds. The minimum atomic E-state index is -0.0105. The lowest BCUT2D eigenvalue weighted by Gasteiger charge is -2.20. The van der Waals surface area contributed by atoms with Crippen molar-refractivity contribution in [2.75, 3.05) is 32.1 Å². The van der Waals surface area contributed by atoms with Gasteiger partial charge in [-0.1, -0.05) is 0 Å². The van der Waals surface area contributed by atoms with Crippen molar-refractivity contribution >= 4 is 11.7 Å². The van der Waals surface area contributed by atoms with Crippen molar-refractivity contribution in [3.05, 3.63) is 48.4 Å². The third-order valence-electron chi connectivity index (χ3n) is 3.83. The number of aromatic nitrogens is 2. The standard InChI is InChI=1S/C17H20N4O2/c1-20(2)16-15(4-3-8-19-16)23-14-7-11-21(12-14)17(22)13-5-9-18-10-6-13/h3-6,8-10,14H,7,11-12H2,1-2H3. The highest BCUT2D eigenvalue weighted by Gasteiger charge is 2.29. The molecule has 6 nitrogen and oxygen atoms in total. The third kappa shape index (κ3) is 3.41. The van der Waals surface area contributed by atoms with E-state index >= 15 is 0 Å². The Hall–Kier alpha value is -2.63. The van der Waals surface area contributed by atoms with E-state index < -0.39 is 0 Å². The first-order chi connectivity index (χ1) is 11.1. The minimum absolute atomic E-state index is 0.0105. The highest BCUT2D eigenvalue weighted by atomic mass is 16.5. The lowest BCUT2D eigenvalue weighted by Crippen LogP contribution is -2.31. The zero-order chi connectivity index (χ0) is 16.2. The first kappa shape index (κ1) is 15.3. The van der Waals surface area contributed by atoms with Crippen LogP contribution < -0.4 is 9.64 Å². The number of nitrogens with zero attached hydrogens (tertiary/aromatic N) is 4. The molecular formula is C17H20N4O2. The Morgan fingerprint density at radius 2 is 2.04 bits per heavy atom. The normalized spacial score (nSPS) is 17.1. The maximum Gasteiger partial charge on any atom is 0.254 e. The number of carbonyl (C=O) groups is 1. The molecular weight excluding hydrogens is 292 g/mol. The Labute approximate surface area is 135 Å². The largest absolute Gasteiger partial charge is 0.485 e. The molecule has 1 saturated heterocycles. The lowest BCUT2D eigenvalue weighted by atomic mass is 10.2. The quantitative estimate of drug-likeness (QED) is 0.862. The molecule has 2 aromatic heterocycles. The Kier molecular flexibility index (Phi) is 4.41. The van der Waals surface area contributed by atoms with E-state index in [9.17, 15) is 4.79 Å². The first-order valence-electron chi connectivity index (χ1n) is 7.63. The molecule has 0 saturated carbocycles. The molecule has 2 aromatic rings. The van der Waals surface area contributed by atoms with Crippen molar-refractivity contribution in [1.29, 1.82) is 0 Å². The zero-order valence-electron chi connectivity index (χ0n) is 13.3. The van der Waals surface area contributed by atoms with Gasteiger partial charge < -0.3 is 14.5 Å². The Bertz CT molecular complexity index is 675. The summed E-state index contributed by atoms with van der Waals surface area (Å²) in [6.07, 6.45) is 5.82. The van der Waals surface area contributed by atoms with Crippen LogP contribution in [-0.2, 0) is 0 Å². The SMILES string of the molecule is CN(C)c1ncccc1OC1CCN(C(=O)c2ccncc2)C1. The van der Waals surface area contributed by atoms with E-state index in [1.54, 1.807) is 30.7 Å². The van der Waals surface area contributed by atoms with Crippen LogP contribution in [0.15, 0.2) is 42.9 Å². The van der Waals surface area contributed by atoms with Gasteiger partial charge in [-0.15, -0.1) is 0 Å². The van der Waals surface area contributed by atoms with Gasteiger partial charge in [0.25, 0.3) is 5.91 Å². The highest BCUT2D eigenvalue weighted by Crippen LogP contribution is 2.27. The number of hydrogen-bond donors (Lipinski definition) is 0. The summed E-state index contributed by atoms with van der Waals surface area (Å²) in [4.78, 5) is 24.5. The van der Waals surface area contributed by atoms with Crippen molar-refractivity contribution in [2.45, 2.75) is 12.5 Å². The fourth-order valence-electron chi connectivity index (χ4n) is 2.68. The van der Waals surface area contributed by atoms with Crippen LogP contribution in [0.4, 0.5) is 5.82 Å². The molecule has 0 aromatic carbocycles. The van der Waals surface area contributed by atoms with E-state index in [2.05, 4.69) is 9.97 Å². The molecule has 0 aliphatic carbocycles.